The second-order valence-electron chi connectivity index (χ2n) is 7.40. The van der Waals surface area contributed by atoms with E-state index in [4.69, 9.17) is 4.74 Å². The molecule has 0 amide bonds. The SMILES string of the molecule is O=C(O)[C@H](Cc1c[nH]c2ccccc12)NCc1cccc(OCc2ccc(F)cc2)c1. The highest BCUT2D eigenvalue weighted by Gasteiger charge is 2.19. The van der Waals surface area contributed by atoms with Crippen LogP contribution >= 0.6 is 0 Å². The number of nitrogens with one attached hydrogen (secondary N) is 2. The van der Waals surface area contributed by atoms with Crippen molar-refractivity contribution >= 4 is 16.9 Å². The fraction of sp³-hybridized carbons (Fsp3) is 0.160. The Hall–Kier alpha value is -3.64. The van der Waals surface area contributed by atoms with E-state index in [0.717, 1.165) is 27.6 Å². The Kier molecular flexibility index (Phi) is 6.29. The van der Waals surface area contributed by atoms with Crippen LogP contribution in [0.1, 0.15) is 16.7 Å². The number of para-hydroxylation sites is 1. The molecule has 0 fully saturated rings. The molecule has 3 N–H and O–H groups in total. The zero-order valence-corrected chi connectivity index (χ0v) is 16.8. The van der Waals surface area contributed by atoms with Crippen LogP contribution in [0, 0.1) is 5.82 Å². The molecule has 4 rings (SSSR count). The predicted molar refractivity (Wildman–Crippen MR) is 117 cm³/mol. The van der Waals surface area contributed by atoms with E-state index in [1.54, 1.807) is 12.1 Å². The molecule has 6 heteroatoms. The van der Waals surface area contributed by atoms with E-state index >= 15 is 0 Å². The van der Waals surface area contributed by atoms with Crippen molar-refractivity contribution in [2.75, 3.05) is 0 Å². The lowest BCUT2D eigenvalue weighted by Gasteiger charge is -2.15. The first-order valence-electron chi connectivity index (χ1n) is 10.1. The van der Waals surface area contributed by atoms with Gasteiger partial charge in [-0.1, -0.05) is 42.5 Å². The molecule has 0 spiro atoms. The summed E-state index contributed by atoms with van der Waals surface area (Å²) < 4.78 is 18.8. The van der Waals surface area contributed by atoms with Crippen LogP contribution in [-0.2, 0) is 24.4 Å². The third-order valence-electron chi connectivity index (χ3n) is 5.17. The maximum atomic E-state index is 13.0. The average Bonchev–Trinajstić information content (AvgIpc) is 3.19. The number of aromatic nitrogens is 1. The maximum absolute atomic E-state index is 13.0. The van der Waals surface area contributed by atoms with Gasteiger partial charge in [0.2, 0.25) is 0 Å². The number of hydrogen-bond donors (Lipinski definition) is 3. The molecule has 5 nitrogen and oxygen atoms in total. The molecule has 31 heavy (non-hydrogen) atoms. The molecule has 0 saturated heterocycles. The van der Waals surface area contributed by atoms with Gasteiger partial charge in [0.05, 0.1) is 0 Å². The Balaban J connectivity index is 1.38. The molecule has 0 unspecified atom stereocenters. The van der Waals surface area contributed by atoms with Crippen molar-refractivity contribution in [2.45, 2.75) is 25.6 Å². The largest absolute Gasteiger partial charge is 0.489 e. The molecule has 158 valence electrons. The number of aromatic amines is 1. The van der Waals surface area contributed by atoms with E-state index in [0.29, 0.717) is 25.3 Å². The molecule has 1 heterocycles. The number of halogens is 1. The summed E-state index contributed by atoms with van der Waals surface area (Å²) in [4.78, 5) is 15.0. The zero-order chi connectivity index (χ0) is 21.6. The summed E-state index contributed by atoms with van der Waals surface area (Å²) >= 11 is 0. The first-order valence-corrected chi connectivity index (χ1v) is 10.1. The molecule has 0 aliphatic heterocycles. The van der Waals surface area contributed by atoms with Gasteiger partial charge in [-0.3, -0.25) is 4.79 Å². The highest BCUT2D eigenvalue weighted by molar-refractivity contribution is 5.84. The van der Waals surface area contributed by atoms with Crippen molar-refractivity contribution < 1.29 is 19.0 Å². The highest BCUT2D eigenvalue weighted by atomic mass is 19.1. The van der Waals surface area contributed by atoms with Crippen molar-refractivity contribution in [3.8, 4) is 5.75 Å². The third-order valence-corrected chi connectivity index (χ3v) is 5.17. The zero-order valence-electron chi connectivity index (χ0n) is 16.8. The first kappa shape index (κ1) is 20.6. The number of hydrogen-bond acceptors (Lipinski definition) is 3. The molecule has 0 saturated carbocycles. The highest BCUT2D eigenvalue weighted by Crippen LogP contribution is 2.20. The number of carboxylic acids is 1. The van der Waals surface area contributed by atoms with Crippen LogP contribution in [0.15, 0.2) is 79.0 Å². The molecule has 0 aliphatic rings. The molecule has 0 aliphatic carbocycles. The summed E-state index contributed by atoms with van der Waals surface area (Å²) in [6, 6.07) is 20.8. The number of H-pyrrole nitrogens is 1. The number of ether oxygens (including phenoxy) is 1. The minimum Gasteiger partial charge on any atom is -0.489 e. The molecule has 0 bridgehead atoms. The summed E-state index contributed by atoms with van der Waals surface area (Å²) in [6.07, 6.45) is 2.24. The second-order valence-corrected chi connectivity index (χ2v) is 7.40. The summed E-state index contributed by atoms with van der Waals surface area (Å²) in [5, 5.41) is 13.9. The predicted octanol–water partition coefficient (Wildman–Crippen LogP) is 4.67. The van der Waals surface area contributed by atoms with E-state index in [9.17, 15) is 14.3 Å². The summed E-state index contributed by atoms with van der Waals surface area (Å²) in [7, 11) is 0. The minimum absolute atomic E-state index is 0.280. The van der Waals surface area contributed by atoms with Crippen molar-refractivity contribution in [1.82, 2.24) is 10.3 Å². The normalized spacial score (nSPS) is 12.0. The van der Waals surface area contributed by atoms with Crippen LogP contribution in [0.4, 0.5) is 4.39 Å². The number of carboxylic acid groups (broad SMARTS) is 1. The molecule has 4 aromatic rings. The molecule has 0 radical (unpaired) electrons. The van der Waals surface area contributed by atoms with Gasteiger partial charge in [-0.15, -0.1) is 0 Å². The Morgan fingerprint density at radius 2 is 1.84 bits per heavy atom. The van der Waals surface area contributed by atoms with E-state index in [-0.39, 0.29) is 5.82 Å². The van der Waals surface area contributed by atoms with E-state index in [1.807, 2.05) is 54.7 Å². The first-order chi connectivity index (χ1) is 15.1. The van der Waals surface area contributed by atoms with Gasteiger partial charge in [0.25, 0.3) is 0 Å². The van der Waals surface area contributed by atoms with Crippen LogP contribution in [0.25, 0.3) is 10.9 Å². The van der Waals surface area contributed by atoms with Crippen LogP contribution in [0.2, 0.25) is 0 Å². The van der Waals surface area contributed by atoms with Crippen molar-refractivity contribution in [3.05, 3.63) is 102 Å². The van der Waals surface area contributed by atoms with Crippen LogP contribution in [-0.4, -0.2) is 22.1 Å². The Labute approximate surface area is 179 Å². The molecular formula is C25H23FN2O3. The fourth-order valence-corrected chi connectivity index (χ4v) is 3.50. The van der Waals surface area contributed by atoms with Gasteiger partial charge in [-0.05, 0) is 47.0 Å². The summed E-state index contributed by atoms with van der Waals surface area (Å²) in [6.45, 7) is 0.725. The van der Waals surface area contributed by atoms with Gasteiger partial charge in [0, 0.05) is 30.1 Å². The van der Waals surface area contributed by atoms with Gasteiger partial charge in [-0.25, -0.2) is 4.39 Å². The van der Waals surface area contributed by atoms with E-state index in [1.165, 1.54) is 12.1 Å². The lowest BCUT2D eigenvalue weighted by atomic mass is 10.0. The Morgan fingerprint density at radius 1 is 1.03 bits per heavy atom. The Bertz CT molecular complexity index is 1170. The molecular weight excluding hydrogens is 395 g/mol. The molecule has 1 atom stereocenters. The van der Waals surface area contributed by atoms with Gasteiger partial charge >= 0.3 is 5.97 Å². The van der Waals surface area contributed by atoms with Crippen molar-refractivity contribution in [2.24, 2.45) is 0 Å². The number of aliphatic carboxylic acids is 1. The molecule has 3 aromatic carbocycles. The number of fused-ring (bicyclic) bond motifs is 1. The van der Waals surface area contributed by atoms with Crippen LogP contribution < -0.4 is 10.1 Å². The Morgan fingerprint density at radius 3 is 2.65 bits per heavy atom. The standard InChI is InChI=1S/C25H23FN2O3/c26-20-10-8-17(9-11-20)16-31-21-5-3-4-18(12-21)14-27-24(25(29)30)13-19-15-28-23-7-2-1-6-22(19)23/h1-12,15,24,27-28H,13-14,16H2,(H,29,30)/t24-/m0/s1. The number of carbonyl (C=O) groups is 1. The van der Waals surface area contributed by atoms with Gasteiger partial charge in [0.15, 0.2) is 0 Å². The van der Waals surface area contributed by atoms with Crippen LogP contribution in [0.3, 0.4) is 0 Å². The fourth-order valence-electron chi connectivity index (χ4n) is 3.50. The lowest BCUT2D eigenvalue weighted by Crippen LogP contribution is -2.38. The third kappa shape index (κ3) is 5.29. The monoisotopic (exact) mass is 418 g/mol. The maximum Gasteiger partial charge on any atom is 0.321 e. The smallest absolute Gasteiger partial charge is 0.321 e. The summed E-state index contributed by atoms with van der Waals surface area (Å²) in [5.74, 6) is -0.501. The van der Waals surface area contributed by atoms with E-state index < -0.39 is 12.0 Å². The number of rotatable bonds is 9. The topological polar surface area (TPSA) is 74.3 Å². The number of benzene rings is 3. The van der Waals surface area contributed by atoms with Gasteiger partial charge in [-0.2, -0.15) is 0 Å². The van der Waals surface area contributed by atoms with Crippen LogP contribution in [0.5, 0.6) is 5.75 Å². The van der Waals surface area contributed by atoms with E-state index in [2.05, 4.69) is 10.3 Å². The quantitative estimate of drug-likeness (QED) is 0.369. The van der Waals surface area contributed by atoms with Gasteiger partial charge < -0.3 is 20.1 Å². The lowest BCUT2D eigenvalue weighted by molar-refractivity contribution is -0.139. The minimum atomic E-state index is -0.894. The van der Waals surface area contributed by atoms with Crippen molar-refractivity contribution in [1.29, 1.82) is 0 Å². The average molecular weight is 418 g/mol. The summed E-state index contributed by atoms with van der Waals surface area (Å²) in [5.41, 5.74) is 3.75. The van der Waals surface area contributed by atoms with Crippen molar-refractivity contribution in [3.63, 3.8) is 0 Å². The second kappa shape index (κ2) is 9.45. The molecule has 1 aromatic heterocycles. The van der Waals surface area contributed by atoms with Gasteiger partial charge in [0.1, 0.15) is 24.2 Å².